The van der Waals surface area contributed by atoms with E-state index in [1.165, 1.54) is 12.1 Å². The Kier molecular flexibility index (Phi) is 8.17. The summed E-state index contributed by atoms with van der Waals surface area (Å²) in [4.78, 5) is 23.4. The van der Waals surface area contributed by atoms with Crippen LogP contribution in [0.15, 0.2) is 18.2 Å². The quantitative estimate of drug-likeness (QED) is 0.568. The Morgan fingerprint density at radius 2 is 1.52 bits per heavy atom. The summed E-state index contributed by atoms with van der Waals surface area (Å²) in [7, 11) is 1.69. The van der Waals surface area contributed by atoms with Crippen LogP contribution in [-0.2, 0) is 9.47 Å². The van der Waals surface area contributed by atoms with E-state index in [0.29, 0.717) is 12.1 Å². The van der Waals surface area contributed by atoms with E-state index in [9.17, 15) is 14.7 Å². The second-order valence-electron chi connectivity index (χ2n) is 5.82. The van der Waals surface area contributed by atoms with Gasteiger partial charge >= 0.3 is 12.3 Å². The van der Waals surface area contributed by atoms with Gasteiger partial charge in [0.2, 0.25) is 0 Å². The highest BCUT2D eigenvalue weighted by Crippen LogP contribution is 2.31. The van der Waals surface area contributed by atoms with Gasteiger partial charge in [-0.05, 0) is 52.4 Å². The second kappa shape index (κ2) is 9.85. The first-order chi connectivity index (χ1) is 11.7. The summed E-state index contributed by atoms with van der Waals surface area (Å²) in [6, 6.07) is 4.37. The molecule has 0 radical (unpaired) electrons. The van der Waals surface area contributed by atoms with Crippen LogP contribution in [0.4, 0.5) is 9.59 Å². The van der Waals surface area contributed by atoms with Crippen molar-refractivity contribution < 1.29 is 33.6 Å². The van der Waals surface area contributed by atoms with Crippen LogP contribution in [0.5, 0.6) is 11.5 Å². The fourth-order valence-electron chi connectivity index (χ4n) is 1.82. The minimum absolute atomic E-state index is 0.0215. The van der Waals surface area contributed by atoms with E-state index in [4.69, 9.17) is 18.9 Å². The molecule has 0 unspecified atom stereocenters. The number of aliphatic hydroxyl groups is 1. The van der Waals surface area contributed by atoms with Gasteiger partial charge in [0, 0.05) is 6.54 Å². The van der Waals surface area contributed by atoms with Crippen LogP contribution < -0.4 is 14.8 Å². The average Bonchev–Trinajstić information content (AvgIpc) is 2.47. The maximum atomic E-state index is 11.8. The monoisotopic (exact) mass is 355 g/mol. The SMILES string of the molecule is CNC[C@H](O)c1ccc(OC(=O)OC(C)C)c(OC(=O)OC(C)C)c1. The molecule has 0 bridgehead atoms. The van der Waals surface area contributed by atoms with Crippen LogP contribution in [0.2, 0.25) is 0 Å². The van der Waals surface area contributed by atoms with Gasteiger partial charge in [0.05, 0.1) is 18.3 Å². The lowest BCUT2D eigenvalue weighted by Gasteiger charge is -2.16. The van der Waals surface area contributed by atoms with Gasteiger partial charge in [-0.15, -0.1) is 0 Å². The van der Waals surface area contributed by atoms with Crippen LogP contribution in [0.25, 0.3) is 0 Å². The number of hydrogen-bond acceptors (Lipinski definition) is 8. The van der Waals surface area contributed by atoms with Crippen molar-refractivity contribution in [2.75, 3.05) is 13.6 Å². The molecule has 8 nitrogen and oxygen atoms in total. The van der Waals surface area contributed by atoms with Crippen LogP contribution >= 0.6 is 0 Å². The zero-order chi connectivity index (χ0) is 19.0. The first-order valence-electron chi connectivity index (χ1n) is 7.96. The number of hydrogen-bond donors (Lipinski definition) is 2. The molecule has 8 heteroatoms. The highest BCUT2D eigenvalue weighted by atomic mass is 16.7. The van der Waals surface area contributed by atoms with Gasteiger partial charge in [-0.1, -0.05) is 6.07 Å². The lowest BCUT2D eigenvalue weighted by atomic mass is 10.1. The number of nitrogens with one attached hydrogen (secondary N) is 1. The fourth-order valence-corrected chi connectivity index (χ4v) is 1.82. The Labute approximate surface area is 147 Å². The van der Waals surface area contributed by atoms with Crippen LogP contribution in [0.3, 0.4) is 0 Å². The van der Waals surface area contributed by atoms with Crippen molar-refractivity contribution in [3.8, 4) is 11.5 Å². The van der Waals surface area contributed by atoms with Crippen molar-refractivity contribution in [3.05, 3.63) is 23.8 Å². The van der Waals surface area contributed by atoms with E-state index in [2.05, 4.69) is 5.32 Å². The molecule has 0 aliphatic carbocycles. The minimum atomic E-state index is -0.947. The molecule has 1 aromatic carbocycles. The molecule has 1 atom stereocenters. The van der Waals surface area contributed by atoms with Gasteiger partial charge in [0.1, 0.15) is 0 Å². The van der Waals surface area contributed by atoms with Crippen LogP contribution in [0.1, 0.15) is 39.4 Å². The van der Waals surface area contributed by atoms with Gasteiger partial charge in [-0.2, -0.15) is 0 Å². The van der Waals surface area contributed by atoms with E-state index in [1.54, 1.807) is 40.8 Å². The molecule has 2 N–H and O–H groups in total. The number of likely N-dealkylation sites (N-methyl/N-ethyl adjacent to an activating group) is 1. The van der Waals surface area contributed by atoms with E-state index in [-0.39, 0.29) is 23.7 Å². The van der Waals surface area contributed by atoms with E-state index >= 15 is 0 Å². The molecule has 0 aromatic heterocycles. The highest BCUT2D eigenvalue weighted by Gasteiger charge is 2.19. The van der Waals surface area contributed by atoms with E-state index < -0.39 is 18.4 Å². The standard InChI is InChI=1S/C17H25NO7/c1-10(2)22-16(20)24-14-7-6-12(13(19)9-18-5)8-15(14)25-17(21)23-11(3)4/h6-8,10-11,13,18-19H,9H2,1-5H3/t13-/m0/s1. The van der Waals surface area contributed by atoms with Crippen molar-refractivity contribution in [2.45, 2.75) is 46.0 Å². The van der Waals surface area contributed by atoms with E-state index in [1.807, 2.05) is 0 Å². The molecule has 0 spiro atoms. The third-order valence-electron chi connectivity index (χ3n) is 2.80. The smallest absolute Gasteiger partial charge is 0.431 e. The number of aliphatic hydroxyl groups excluding tert-OH is 1. The molecule has 0 fully saturated rings. The number of ether oxygens (including phenoxy) is 4. The normalized spacial score (nSPS) is 12.0. The number of carbonyl (C=O) groups is 2. The predicted molar refractivity (Wildman–Crippen MR) is 89.8 cm³/mol. The maximum Gasteiger partial charge on any atom is 0.514 e. The van der Waals surface area contributed by atoms with Gasteiger partial charge in [-0.3, -0.25) is 0 Å². The summed E-state index contributed by atoms with van der Waals surface area (Å²) in [6.07, 6.45) is -3.44. The Morgan fingerprint density at radius 1 is 1.00 bits per heavy atom. The fraction of sp³-hybridized carbons (Fsp3) is 0.529. The van der Waals surface area contributed by atoms with E-state index in [0.717, 1.165) is 0 Å². The third kappa shape index (κ3) is 7.40. The topological polar surface area (TPSA) is 103 Å². The molecule has 0 saturated heterocycles. The lowest BCUT2D eigenvalue weighted by molar-refractivity contribution is 0.0639. The van der Waals surface area contributed by atoms with Gasteiger partial charge in [0.15, 0.2) is 11.5 Å². The molecule has 0 amide bonds. The molecule has 1 rings (SSSR count). The van der Waals surface area contributed by atoms with Crippen molar-refractivity contribution in [1.82, 2.24) is 5.32 Å². The molecule has 25 heavy (non-hydrogen) atoms. The molecular formula is C17H25NO7. The Bertz CT molecular complexity index is 586. The van der Waals surface area contributed by atoms with Crippen LogP contribution in [0, 0.1) is 0 Å². The van der Waals surface area contributed by atoms with Gasteiger partial charge in [0.25, 0.3) is 0 Å². The molecular weight excluding hydrogens is 330 g/mol. The summed E-state index contributed by atoms with van der Waals surface area (Å²) in [5, 5.41) is 12.9. The van der Waals surface area contributed by atoms with Crippen molar-refractivity contribution in [1.29, 1.82) is 0 Å². The van der Waals surface area contributed by atoms with Crippen molar-refractivity contribution >= 4 is 12.3 Å². The van der Waals surface area contributed by atoms with Crippen LogP contribution in [-0.4, -0.2) is 43.2 Å². The van der Waals surface area contributed by atoms with Gasteiger partial charge in [-0.25, -0.2) is 9.59 Å². The number of carbonyl (C=O) groups excluding carboxylic acids is 2. The molecule has 0 aliphatic heterocycles. The zero-order valence-electron chi connectivity index (χ0n) is 15.1. The summed E-state index contributed by atoms with van der Waals surface area (Å²) < 4.78 is 20.0. The van der Waals surface area contributed by atoms with Crippen molar-refractivity contribution in [2.24, 2.45) is 0 Å². The largest absolute Gasteiger partial charge is 0.514 e. The second-order valence-corrected chi connectivity index (χ2v) is 5.82. The molecule has 0 heterocycles. The summed E-state index contributed by atoms with van der Waals surface area (Å²) in [6.45, 7) is 6.99. The molecule has 0 saturated carbocycles. The maximum absolute atomic E-state index is 11.8. The Balaban J connectivity index is 3.04. The Hall–Kier alpha value is -2.32. The average molecular weight is 355 g/mol. The summed E-state index contributed by atoms with van der Waals surface area (Å²) >= 11 is 0. The minimum Gasteiger partial charge on any atom is -0.431 e. The molecule has 0 aliphatic rings. The molecule has 1 aromatic rings. The van der Waals surface area contributed by atoms with Gasteiger partial charge < -0.3 is 29.4 Å². The third-order valence-corrected chi connectivity index (χ3v) is 2.80. The number of rotatable bonds is 7. The Morgan fingerprint density at radius 3 is 2.00 bits per heavy atom. The first-order valence-corrected chi connectivity index (χ1v) is 7.96. The highest BCUT2D eigenvalue weighted by molar-refractivity contribution is 5.69. The molecule has 140 valence electrons. The predicted octanol–water partition coefficient (Wildman–Crippen LogP) is 2.79. The number of benzene rings is 1. The zero-order valence-corrected chi connectivity index (χ0v) is 15.1. The van der Waals surface area contributed by atoms with Crippen molar-refractivity contribution in [3.63, 3.8) is 0 Å². The first kappa shape index (κ1) is 20.7. The lowest BCUT2D eigenvalue weighted by Crippen LogP contribution is -2.19. The summed E-state index contributed by atoms with van der Waals surface area (Å²) in [5.74, 6) is -0.0780. The summed E-state index contributed by atoms with van der Waals surface area (Å²) in [5.41, 5.74) is 0.478.